The first-order valence-electron chi connectivity index (χ1n) is 5.77. The van der Waals surface area contributed by atoms with E-state index in [1.54, 1.807) is 12.1 Å². The van der Waals surface area contributed by atoms with Crippen molar-refractivity contribution in [3.63, 3.8) is 0 Å². The smallest absolute Gasteiger partial charge is 0.387 e. The lowest BCUT2D eigenvalue weighted by Gasteiger charge is -2.11. The van der Waals surface area contributed by atoms with E-state index >= 15 is 0 Å². The fourth-order valence-corrected chi connectivity index (χ4v) is 2.10. The highest BCUT2D eigenvalue weighted by Gasteiger charge is 2.13. The number of anilines is 1. The third-order valence-electron chi connectivity index (χ3n) is 2.53. The first-order valence-corrected chi connectivity index (χ1v) is 6.94. The van der Waals surface area contributed by atoms with Gasteiger partial charge in [0.15, 0.2) is 0 Å². The van der Waals surface area contributed by atoms with Crippen LogP contribution in [0, 0.1) is 0 Å². The summed E-state index contributed by atoms with van der Waals surface area (Å²) in [6, 6.07) is 10.6. The number of hydrogen-bond acceptors (Lipinski definition) is 2. The molecular weight excluding hydrogens is 368 g/mol. The molecule has 7 heteroatoms. The molecule has 110 valence electrons. The van der Waals surface area contributed by atoms with E-state index in [0.29, 0.717) is 15.1 Å². The molecule has 2 aromatic rings. The van der Waals surface area contributed by atoms with Crippen molar-refractivity contribution in [1.29, 1.82) is 0 Å². The van der Waals surface area contributed by atoms with Gasteiger partial charge in [-0.05, 0) is 46.3 Å². The summed E-state index contributed by atoms with van der Waals surface area (Å²) in [6.07, 6.45) is 0. The van der Waals surface area contributed by atoms with Crippen LogP contribution in [0.5, 0.6) is 5.75 Å². The van der Waals surface area contributed by atoms with Crippen molar-refractivity contribution in [3.05, 3.63) is 57.5 Å². The molecule has 0 heterocycles. The van der Waals surface area contributed by atoms with Gasteiger partial charge in [-0.3, -0.25) is 4.79 Å². The highest BCUT2D eigenvalue weighted by Crippen LogP contribution is 2.27. The highest BCUT2D eigenvalue weighted by atomic mass is 79.9. The predicted octanol–water partition coefficient (Wildman–Crippen LogP) is 4.96. The molecule has 2 aromatic carbocycles. The number of nitrogens with one attached hydrogen (secondary N) is 1. The van der Waals surface area contributed by atoms with E-state index < -0.39 is 12.5 Å². The third kappa shape index (κ3) is 4.15. The number of carbonyl (C=O) groups is 1. The van der Waals surface area contributed by atoms with Crippen molar-refractivity contribution in [3.8, 4) is 5.75 Å². The summed E-state index contributed by atoms with van der Waals surface area (Å²) in [5.41, 5.74) is 0.493. The quantitative estimate of drug-likeness (QED) is 0.819. The second kappa shape index (κ2) is 6.87. The maximum atomic E-state index is 12.3. The Labute approximate surface area is 133 Å². The van der Waals surface area contributed by atoms with Crippen LogP contribution in [0.3, 0.4) is 0 Å². The van der Waals surface area contributed by atoms with Gasteiger partial charge in [-0.15, -0.1) is 0 Å². The number of benzene rings is 2. The van der Waals surface area contributed by atoms with Gasteiger partial charge in [0.2, 0.25) is 0 Å². The van der Waals surface area contributed by atoms with E-state index in [1.807, 2.05) is 0 Å². The van der Waals surface area contributed by atoms with Gasteiger partial charge in [0.1, 0.15) is 5.75 Å². The van der Waals surface area contributed by atoms with E-state index in [9.17, 15) is 13.6 Å². The van der Waals surface area contributed by atoms with Crippen LogP contribution < -0.4 is 10.1 Å². The number of rotatable bonds is 4. The first-order chi connectivity index (χ1) is 9.97. The lowest BCUT2D eigenvalue weighted by Crippen LogP contribution is -2.13. The lowest BCUT2D eigenvalue weighted by molar-refractivity contribution is -0.0493. The molecule has 21 heavy (non-hydrogen) atoms. The van der Waals surface area contributed by atoms with Gasteiger partial charge in [-0.2, -0.15) is 8.78 Å². The summed E-state index contributed by atoms with van der Waals surface area (Å²) < 4.78 is 29.5. The highest BCUT2D eigenvalue weighted by molar-refractivity contribution is 9.10. The molecule has 0 spiro atoms. The Kier molecular flexibility index (Phi) is 5.14. The monoisotopic (exact) mass is 375 g/mol. The molecule has 0 atom stereocenters. The van der Waals surface area contributed by atoms with Crippen LogP contribution in [0.2, 0.25) is 5.02 Å². The van der Waals surface area contributed by atoms with Crippen LogP contribution in [0.25, 0.3) is 0 Å². The zero-order valence-electron chi connectivity index (χ0n) is 10.4. The van der Waals surface area contributed by atoms with Crippen LogP contribution in [-0.4, -0.2) is 12.5 Å². The normalized spacial score (nSPS) is 10.5. The Morgan fingerprint density at radius 2 is 1.95 bits per heavy atom. The summed E-state index contributed by atoms with van der Waals surface area (Å²) in [6.45, 7) is -2.97. The molecular formula is C14H9BrClF2NO2. The summed E-state index contributed by atoms with van der Waals surface area (Å²) >= 11 is 9.06. The maximum Gasteiger partial charge on any atom is 0.387 e. The molecule has 0 aliphatic rings. The number of hydrogen-bond donors (Lipinski definition) is 1. The molecule has 3 nitrogen and oxygen atoms in total. The van der Waals surface area contributed by atoms with Gasteiger partial charge in [-0.25, -0.2) is 0 Å². The van der Waals surface area contributed by atoms with Crippen molar-refractivity contribution in [2.75, 3.05) is 5.32 Å². The molecule has 0 unspecified atom stereocenters. The topological polar surface area (TPSA) is 38.3 Å². The van der Waals surface area contributed by atoms with Crippen molar-refractivity contribution in [2.45, 2.75) is 6.61 Å². The Balaban J connectivity index is 2.21. The number of para-hydroxylation sites is 2. The molecule has 0 aromatic heterocycles. The van der Waals surface area contributed by atoms with Crippen LogP contribution in [-0.2, 0) is 0 Å². The molecule has 0 saturated carbocycles. The molecule has 0 bridgehead atoms. The first kappa shape index (κ1) is 15.7. The summed E-state index contributed by atoms with van der Waals surface area (Å²) in [7, 11) is 0. The minimum atomic E-state index is -2.97. The van der Waals surface area contributed by atoms with E-state index in [0.717, 1.165) is 0 Å². The van der Waals surface area contributed by atoms with E-state index in [-0.39, 0.29) is 11.4 Å². The van der Waals surface area contributed by atoms with Crippen LogP contribution >= 0.6 is 27.5 Å². The van der Waals surface area contributed by atoms with Crippen molar-refractivity contribution >= 4 is 39.1 Å². The van der Waals surface area contributed by atoms with Crippen LogP contribution in [0.4, 0.5) is 14.5 Å². The second-order valence-electron chi connectivity index (χ2n) is 3.96. The van der Waals surface area contributed by atoms with Crippen LogP contribution in [0.15, 0.2) is 46.9 Å². The largest absolute Gasteiger partial charge is 0.433 e. The Bertz CT molecular complexity index is 667. The molecule has 1 N–H and O–H groups in total. The molecule has 0 aliphatic carbocycles. The number of ether oxygens (including phenoxy) is 1. The van der Waals surface area contributed by atoms with Gasteiger partial charge in [0.05, 0.1) is 10.7 Å². The summed E-state index contributed by atoms with van der Waals surface area (Å²) in [5, 5.41) is 2.98. The lowest BCUT2D eigenvalue weighted by atomic mass is 10.2. The zero-order valence-corrected chi connectivity index (χ0v) is 12.8. The molecule has 0 aliphatic heterocycles. The third-order valence-corrected chi connectivity index (χ3v) is 3.75. The van der Waals surface area contributed by atoms with Crippen molar-refractivity contribution in [1.82, 2.24) is 0 Å². The molecule has 0 saturated heterocycles. The number of amides is 1. The summed E-state index contributed by atoms with van der Waals surface area (Å²) in [5.74, 6) is -0.563. The van der Waals surface area contributed by atoms with Crippen LogP contribution in [0.1, 0.15) is 10.4 Å². The number of carbonyl (C=O) groups excluding carboxylic acids is 1. The molecule has 1 amide bonds. The van der Waals surface area contributed by atoms with Crippen molar-refractivity contribution in [2.24, 2.45) is 0 Å². The standard InChI is InChI=1S/C14H9BrClF2NO2/c15-9-7-8(5-6-10(9)16)13(20)19-11-3-1-2-4-12(11)21-14(17)18/h1-7,14H,(H,19,20). The predicted molar refractivity (Wildman–Crippen MR) is 80.2 cm³/mol. The van der Waals surface area contributed by atoms with E-state index in [2.05, 4.69) is 26.0 Å². The SMILES string of the molecule is O=C(Nc1ccccc1OC(F)F)c1ccc(Cl)c(Br)c1. The minimum Gasteiger partial charge on any atom is -0.433 e. The average Bonchev–Trinajstić information content (AvgIpc) is 2.43. The van der Waals surface area contributed by atoms with Crippen molar-refractivity contribution < 1.29 is 18.3 Å². The zero-order chi connectivity index (χ0) is 15.4. The van der Waals surface area contributed by atoms with Gasteiger partial charge < -0.3 is 10.1 Å². The van der Waals surface area contributed by atoms with Gasteiger partial charge in [0, 0.05) is 10.0 Å². The Morgan fingerprint density at radius 3 is 2.62 bits per heavy atom. The van der Waals surface area contributed by atoms with Gasteiger partial charge in [-0.1, -0.05) is 23.7 Å². The fraction of sp³-hybridized carbons (Fsp3) is 0.0714. The second-order valence-corrected chi connectivity index (χ2v) is 5.22. The Hall–Kier alpha value is -1.66. The van der Waals surface area contributed by atoms with Gasteiger partial charge >= 0.3 is 6.61 Å². The molecule has 2 rings (SSSR count). The number of halogens is 4. The van der Waals surface area contributed by atoms with E-state index in [4.69, 9.17) is 11.6 Å². The average molecular weight is 377 g/mol. The number of alkyl halides is 2. The van der Waals surface area contributed by atoms with Gasteiger partial charge in [0.25, 0.3) is 5.91 Å². The fourth-order valence-electron chi connectivity index (χ4n) is 1.60. The summed E-state index contributed by atoms with van der Waals surface area (Å²) in [4.78, 5) is 12.1. The van der Waals surface area contributed by atoms with E-state index in [1.165, 1.54) is 30.3 Å². The molecule has 0 radical (unpaired) electrons. The molecule has 0 fully saturated rings. The minimum absolute atomic E-state index is 0.103. The maximum absolute atomic E-state index is 12.3. The Morgan fingerprint density at radius 1 is 1.24 bits per heavy atom.